The predicted octanol–water partition coefficient (Wildman–Crippen LogP) is 4.14. The fourth-order valence-corrected chi connectivity index (χ4v) is 3.93. The van der Waals surface area contributed by atoms with E-state index in [1.807, 2.05) is 41.3 Å². The van der Waals surface area contributed by atoms with E-state index in [2.05, 4.69) is 24.9 Å². The molecule has 0 radical (unpaired) electrons. The Morgan fingerprint density at radius 2 is 1.79 bits per heavy atom. The van der Waals surface area contributed by atoms with Gasteiger partial charge in [-0.25, -0.2) is 15.0 Å². The highest BCUT2D eigenvalue weighted by Gasteiger charge is 2.27. The Labute approximate surface area is 191 Å². The predicted molar refractivity (Wildman–Crippen MR) is 122 cm³/mol. The van der Waals surface area contributed by atoms with Crippen LogP contribution in [-0.4, -0.2) is 48.8 Å². The van der Waals surface area contributed by atoms with E-state index in [1.54, 1.807) is 37.1 Å². The van der Waals surface area contributed by atoms with Gasteiger partial charge in [0.25, 0.3) is 5.91 Å². The van der Waals surface area contributed by atoms with Gasteiger partial charge in [0, 0.05) is 49.4 Å². The summed E-state index contributed by atoms with van der Waals surface area (Å²) in [7, 11) is 0. The summed E-state index contributed by atoms with van der Waals surface area (Å²) in [6, 6.07) is 13.1. The molecule has 1 aromatic carbocycles. The van der Waals surface area contributed by atoms with Crippen LogP contribution in [0.25, 0.3) is 11.3 Å². The van der Waals surface area contributed by atoms with Crippen molar-refractivity contribution in [3.63, 3.8) is 0 Å². The summed E-state index contributed by atoms with van der Waals surface area (Å²) in [4.78, 5) is 36.4. The summed E-state index contributed by atoms with van der Waals surface area (Å²) in [5, 5.41) is 0. The van der Waals surface area contributed by atoms with Crippen molar-refractivity contribution in [3.05, 3.63) is 91.0 Å². The van der Waals surface area contributed by atoms with Crippen LogP contribution in [0.3, 0.4) is 0 Å². The van der Waals surface area contributed by atoms with E-state index in [9.17, 15) is 4.79 Å². The van der Waals surface area contributed by atoms with Crippen LogP contribution >= 0.6 is 0 Å². The molecule has 4 heterocycles. The number of nitrogens with zero attached hydrogens (tertiary/aromatic N) is 6. The van der Waals surface area contributed by atoms with Gasteiger partial charge in [-0.1, -0.05) is 18.2 Å². The second-order valence-corrected chi connectivity index (χ2v) is 7.85. The number of carbonyl (C=O) groups excluding carboxylic acids is 1. The first-order chi connectivity index (χ1) is 16.3. The van der Waals surface area contributed by atoms with Gasteiger partial charge in [-0.3, -0.25) is 14.8 Å². The molecule has 164 valence electrons. The number of rotatable bonds is 5. The summed E-state index contributed by atoms with van der Waals surface area (Å²) in [6.45, 7) is 1.29. The van der Waals surface area contributed by atoms with E-state index in [1.165, 1.54) is 6.33 Å². The minimum absolute atomic E-state index is 0.0345. The molecular formula is C25H22N6O2. The minimum atomic E-state index is -0.0345. The van der Waals surface area contributed by atoms with Crippen LogP contribution in [0.4, 0.5) is 0 Å². The molecule has 0 N–H and O–H groups in total. The van der Waals surface area contributed by atoms with Crippen molar-refractivity contribution < 1.29 is 9.53 Å². The summed E-state index contributed by atoms with van der Waals surface area (Å²) in [5.41, 5.74) is 2.93. The maximum Gasteiger partial charge on any atom is 0.255 e. The first-order valence-corrected chi connectivity index (χ1v) is 10.8. The number of pyridine rings is 1. The van der Waals surface area contributed by atoms with Crippen molar-refractivity contribution in [1.82, 2.24) is 29.8 Å². The lowest BCUT2D eigenvalue weighted by Gasteiger charge is -2.32. The molecule has 3 aromatic heterocycles. The number of amides is 1. The van der Waals surface area contributed by atoms with E-state index >= 15 is 0 Å². The van der Waals surface area contributed by atoms with Crippen LogP contribution in [0.2, 0.25) is 0 Å². The summed E-state index contributed by atoms with van der Waals surface area (Å²) >= 11 is 0. The molecule has 1 aliphatic rings. The van der Waals surface area contributed by atoms with Crippen LogP contribution in [0.5, 0.6) is 11.6 Å². The van der Waals surface area contributed by atoms with Gasteiger partial charge >= 0.3 is 0 Å². The average molecular weight is 438 g/mol. The highest BCUT2D eigenvalue weighted by Crippen LogP contribution is 2.28. The molecule has 4 aromatic rings. The first kappa shape index (κ1) is 20.7. The standard InChI is InChI=1S/C25H22N6O2/c32-25(18-8-9-22(29-13-18)20-11-27-17-28-12-20)31-10-4-5-19(16-31)23-14-26-15-24(30-23)33-21-6-2-1-3-7-21/h1-3,6-9,11-15,17,19H,4-5,10,16H2/t19-/m0/s1. The quantitative estimate of drug-likeness (QED) is 0.462. The Morgan fingerprint density at radius 3 is 2.58 bits per heavy atom. The van der Waals surface area contributed by atoms with Gasteiger partial charge in [-0.05, 0) is 37.1 Å². The lowest BCUT2D eigenvalue weighted by atomic mass is 9.94. The Bertz CT molecular complexity index is 1220. The van der Waals surface area contributed by atoms with Gasteiger partial charge in [-0.15, -0.1) is 0 Å². The van der Waals surface area contributed by atoms with Crippen LogP contribution in [0.15, 0.2) is 79.8 Å². The smallest absolute Gasteiger partial charge is 0.255 e. The van der Waals surface area contributed by atoms with E-state index in [0.29, 0.717) is 30.3 Å². The number of hydrogen-bond donors (Lipinski definition) is 0. The van der Waals surface area contributed by atoms with Gasteiger partial charge in [0.15, 0.2) is 0 Å². The van der Waals surface area contributed by atoms with Crippen molar-refractivity contribution in [2.75, 3.05) is 13.1 Å². The number of likely N-dealkylation sites (tertiary alicyclic amines) is 1. The topological polar surface area (TPSA) is 94.0 Å². The molecule has 1 amide bonds. The van der Waals surface area contributed by atoms with E-state index in [-0.39, 0.29) is 11.8 Å². The molecule has 8 nitrogen and oxygen atoms in total. The molecule has 0 spiro atoms. The molecule has 1 fully saturated rings. The minimum Gasteiger partial charge on any atom is -0.437 e. The highest BCUT2D eigenvalue weighted by molar-refractivity contribution is 5.94. The number of aromatic nitrogens is 5. The van der Waals surface area contributed by atoms with Crippen molar-refractivity contribution in [2.24, 2.45) is 0 Å². The molecule has 1 atom stereocenters. The SMILES string of the molecule is O=C(c1ccc(-c2cncnc2)nc1)N1CCC[C@H](c2cncc(Oc3ccccc3)n2)C1. The van der Waals surface area contributed by atoms with Gasteiger partial charge < -0.3 is 9.64 Å². The number of para-hydroxylation sites is 1. The third-order valence-corrected chi connectivity index (χ3v) is 5.59. The van der Waals surface area contributed by atoms with Crippen molar-refractivity contribution >= 4 is 5.91 Å². The number of piperidine rings is 1. The molecule has 5 rings (SSSR count). The van der Waals surface area contributed by atoms with Crippen molar-refractivity contribution in [3.8, 4) is 22.9 Å². The van der Waals surface area contributed by atoms with E-state index < -0.39 is 0 Å². The van der Waals surface area contributed by atoms with Crippen LogP contribution in [0, 0.1) is 0 Å². The van der Waals surface area contributed by atoms with Gasteiger partial charge in [-0.2, -0.15) is 0 Å². The normalized spacial score (nSPS) is 15.8. The van der Waals surface area contributed by atoms with Crippen molar-refractivity contribution in [2.45, 2.75) is 18.8 Å². The average Bonchev–Trinajstić information content (AvgIpc) is 2.90. The second kappa shape index (κ2) is 9.52. The zero-order valence-electron chi connectivity index (χ0n) is 17.9. The van der Waals surface area contributed by atoms with Gasteiger partial charge in [0.2, 0.25) is 5.88 Å². The van der Waals surface area contributed by atoms with Crippen LogP contribution in [0.1, 0.15) is 34.8 Å². The summed E-state index contributed by atoms with van der Waals surface area (Å²) in [5.74, 6) is 1.23. The Morgan fingerprint density at radius 1 is 0.939 bits per heavy atom. The second-order valence-electron chi connectivity index (χ2n) is 7.85. The number of benzene rings is 1. The van der Waals surface area contributed by atoms with E-state index in [4.69, 9.17) is 4.74 Å². The lowest BCUT2D eigenvalue weighted by Crippen LogP contribution is -2.39. The number of hydrogen-bond acceptors (Lipinski definition) is 7. The third-order valence-electron chi connectivity index (χ3n) is 5.59. The molecule has 1 saturated heterocycles. The monoisotopic (exact) mass is 438 g/mol. The Hall–Kier alpha value is -4.20. The van der Waals surface area contributed by atoms with E-state index in [0.717, 1.165) is 29.8 Å². The maximum atomic E-state index is 13.1. The molecule has 8 heteroatoms. The Balaban J connectivity index is 1.28. The van der Waals surface area contributed by atoms with Crippen LogP contribution < -0.4 is 4.74 Å². The van der Waals surface area contributed by atoms with Crippen molar-refractivity contribution in [1.29, 1.82) is 0 Å². The lowest BCUT2D eigenvalue weighted by molar-refractivity contribution is 0.0705. The molecule has 33 heavy (non-hydrogen) atoms. The maximum absolute atomic E-state index is 13.1. The van der Waals surface area contributed by atoms with Gasteiger partial charge in [0.05, 0.1) is 23.1 Å². The highest BCUT2D eigenvalue weighted by atomic mass is 16.5. The zero-order valence-corrected chi connectivity index (χ0v) is 17.9. The van der Waals surface area contributed by atoms with Gasteiger partial charge in [0.1, 0.15) is 12.1 Å². The number of carbonyl (C=O) groups is 1. The zero-order chi connectivity index (χ0) is 22.5. The molecule has 0 aliphatic carbocycles. The molecule has 1 aliphatic heterocycles. The molecular weight excluding hydrogens is 416 g/mol. The fourth-order valence-electron chi connectivity index (χ4n) is 3.93. The van der Waals surface area contributed by atoms with Crippen LogP contribution in [-0.2, 0) is 0 Å². The Kier molecular flexibility index (Phi) is 5.97. The number of ether oxygens (including phenoxy) is 1. The fraction of sp³-hybridized carbons (Fsp3) is 0.200. The molecule has 0 unspecified atom stereocenters. The molecule has 0 saturated carbocycles. The summed E-state index contributed by atoms with van der Waals surface area (Å²) in [6.07, 6.45) is 11.7. The third kappa shape index (κ3) is 4.85. The molecule has 0 bridgehead atoms. The first-order valence-electron chi connectivity index (χ1n) is 10.8. The summed E-state index contributed by atoms with van der Waals surface area (Å²) < 4.78 is 5.83. The largest absolute Gasteiger partial charge is 0.437 e.